The summed E-state index contributed by atoms with van der Waals surface area (Å²) in [6.07, 6.45) is -1.91. The summed E-state index contributed by atoms with van der Waals surface area (Å²) < 4.78 is 33.1. The number of alkyl halides is 2. The van der Waals surface area contributed by atoms with Crippen molar-refractivity contribution in [2.45, 2.75) is 25.9 Å². The average molecular weight is 197 g/mol. The van der Waals surface area contributed by atoms with Gasteiger partial charge in [-0.3, -0.25) is 0 Å². The van der Waals surface area contributed by atoms with E-state index in [1.54, 1.807) is 0 Å². The van der Waals surface area contributed by atoms with Crippen LogP contribution >= 0.6 is 0 Å². The molecule has 0 radical (unpaired) electrons. The van der Waals surface area contributed by atoms with Gasteiger partial charge in [-0.1, -0.05) is 0 Å². The fraction of sp³-hybridized carbons (Fsp3) is 1.00. The molecular formula is C8H17F2NO2. The molecule has 3 nitrogen and oxygen atoms in total. The van der Waals surface area contributed by atoms with E-state index in [1.165, 1.54) is 0 Å². The van der Waals surface area contributed by atoms with Gasteiger partial charge in [0.15, 0.2) is 0 Å². The lowest BCUT2D eigenvalue weighted by Crippen LogP contribution is -2.25. The summed E-state index contributed by atoms with van der Waals surface area (Å²) in [6.45, 7) is 2.60. The molecule has 2 N–H and O–H groups in total. The van der Waals surface area contributed by atoms with Crippen molar-refractivity contribution in [3.63, 3.8) is 0 Å². The van der Waals surface area contributed by atoms with Crippen LogP contribution in [0.3, 0.4) is 0 Å². The fourth-order valence-electron chi connectivity index (χ4n) is 0.892. The van der Waals surface area contributed by atoms with E-state index < -0.39 is 13.0 Å². The summed E-state index contributed by atoms with van der Waals surface area (Å²) in [4.78, 5) is 0. The van der Waals surface area contributed by atoms with Crippen LogP contribution in [0.25, 0.3) is 0 Å². The zero-order valence-corrected chi connectivity index (χ0v) is 7.84. The van der Waals surface area contributed by atoms with Crippen LogP contribution < -0.4 is 5.73 Å². The Balaban J connectivity index is 3.27. The first kappa shape index (κ1) is 12.7. The van der Waals surface area contributed by atoms with Crippen LogP contribution in [0.2, 0.25) is 0 Å². The second-order valence-corrected chi connectivity index (χ2v) is 2.57. The molecule has 1 atom stereocenters. The SMILES string of the molecule is CCOC(CN)CCOCC(F)F. The molecule has 0 rings (SSSR count). The minimum atomic E-state index is -2.40. The summed E-state index contributed by atoms with van der Waals surface area (Å²) in [6, 6.07) is 0. The molecule has 0 spiro atoms. The molecule has 1 unspecified atom stereocenters. The first-order chi connectivity index (χ1) is 6.20. The fourth-order valence-corrected chi connectivity index (χ4v) is 0.892. The Morgan fingerprint density at radius 2 is 2.08 bits per heavy atom. The number of rotatable bonds is 8. The molecule has 0 aromatic heterocycles. The van der Waals surface area contributed by atoms with Gasteiger partial charge in [-0.25, -0.2) is 8.78 Å². The number of ether oxygens (including phenoxy) is 2. The van der Waals surface area contributed by atoms with Crippen LogP contribution in [-0.2, 0) is 9.47 Å². The first-order valence-corrected chi connectivity index (χ1v) is 4.38. The van der Waals surface area contributed by atoms with Crippen molar-refractivity contribution < 1.29 is 18.3 Å². The van der Waals surface area contributed by atoms with Crippen molar-refractivity contribution >= 4 is 0 Å². The van der Waals surface area contributed by atoms with Crippen LogP contribution in [-0.4, -0.2) is 38.9 Å². The van der Waals surface area contributed by atoms with Gasteiger partial charge in [0, 0.05) is 19.8 Å². The second kappa shape index (κ2) is 8.34. The molecule has 5 heteroatoms. The molecular weight excluding hydrogens is 180 g/mol. The molecule has 0 bridgehead atoms. The average Bonchev–Trinajstić information content (AvgIpc) is 2.10. The molecule has 0 aromatic rings. The zero-order valence-electron chi connectivity index (χ0n) is 7.84. The highest BCUT2D eigenvalue weighted by Gasteiger charge is 2.07. The van der Waals surface area contributed by atoms with Crippen molar-refractivity contribution in [3.05, 3.63) is 0 Å². The molecule has 13 heavy (non-hydrogen) atoms. The van der Waals surface area contributed by atoms with Gasteiger partial charge in [0.25, 0.3) is 6.43 Å². The maximum Gasteiger partial charge on any atom is 0.261 e. The number of hydrogen-bond donors (Lipinski definition) is 1. The van der Waals surface area contributed by atoms with E-state index in [-0.39, 0.29) is 12.7 Å². The van der Waals surface area contributed by atoms with Crippen LogP contribution in [0, 0.1) is 0 Å². The maximum absolute atomic E-state index is 11.6. The zero-order chi connectivity index (χ0) is 10.1. The van der Waals surface area contributed by atoms with Crippen LogP contribution in [0.1, 0.15) is 13.3 Å². The minimum Gasteiger partial charge on any atom is -0.377 e. The summed E-state index contributed by atoms with van der Waals surface area (Å²) >= 11 is 0. The third-order valence-corrected chi connectivity index (χ3v) is 1.49. The van der Waals surface area contributed by atoms with Crippen LogP contribution in [0.4, 0.5) is 8.78 Å². The van der Waals surface area contributed by atoms with Crippen LogP contribution in [0.15, 0.2) is 0 Å². The molecule has 80 valence electrons. The van der Waals surface area contributed by atoms with Gasteiger partial charge in [0.1, 0.15) is 6.61 Å². The van der Waals surface area contributed by atoms with Gasteiger partial charge in [-0.05, 0) is 13.3 Å². The Kier molecular flexibility index (Phi) is 8.18. The van der Waals surface area contributed by atoms with Gasteiger partial charge in [-0.15, -0.1) is 0 Å². The third-order valence-electron chi connectivity index (χ3n) is 1.49. The van der Waals surface area contributed by atoms with Gasteiger partial charge in [0.05, 0.1) is 6.10 Å². The van der Waals surface area contributed by atoms with E-state index in [4.69, 9.17) is 10.5 Å². The lowest BCUT2D eigenvalue weighted by Gasteiger charge is -2.14. The number of hydrogen-bond acceptors (Lipinski definition) is 3. The third kappa shape index (κ3) is 8.08. The molecule has 0 aromatic carbocycles. The maximum atomic E-state index is 11.6. The van der Waals surface area contributed by atoms with Crippen molar-refractivity contribution in [1.82, 2.24) is 0 Å². The topological polar surface area (TPSA) is 44.5 Å². The highest BCUT2D eigenvalue weighted by Crippen LogP contribution is 1.99. The van der Waals surface area contributed by atoms with E-state index in [9.17, 15) is 8.78 Å². The van der Waals surface area contributed by atoms with Crippen molar-refractivity contribution in [2.75, 3.05) is 26.4 Å². The normalized spacial score (nSPS) is 13.6. The monoisotopic (exact) mass is 197 g/mol. The van der Waals surface area contributed by atoms with Gasteiger partial charge in [0.2, 0.25) is 0 Å². The van der Waals surface area contributed by atoms with E-state index in [2.05, 4.69) is 4.74 Å². The lowest BCUT2D eigenvalue weighted by atomic mass is 10.2. The summed E-state index contributed by atoms with van der Waals surface area (Å²) in [5, 5.41) is 0. The molecule has 0 aliphatic heterocycles. The summed E-state index contributed by atoms with van der Waals surface area (Å²) in [7, 11) is 0. The lowest BCUT2D eigenvalue weighted by molar-refractivity contribution is -0.00669. The number of nitrogens with two attached hydrogens (primary N) is 1. The van der Waals surface area contributed by atoms with Crippen molar-refractivity contribution in [2.24, 2.45) is 5.73 Å². The highest BCUT2D eigenvalue weighted by molar-refractivity contribution is 4.57. The summed E-state index contributed by atoms with van der Waals surface area (Å²) in [5.74, 6) is 0. The number of halogens is 2. The molecule has 0 aliphatic rings. The predicted molar refractivity (Wildman–Crippen MR) is 45.9 cm³/mol. The molecule has 0 heterocycles. The minimum absolute atomic E-state index is 0.0809. The van der Waals surface area contributed by atoms with Gasteiger partial charge >= 0.3 is 0 Å². The standard InChI is InChI=1S/C8H17F2NO2/c1-2-13-7(5-11)3-4-12-6-8(9)10/h7-8H,2-6,11H2,1H3. The highest BCUT2D eigenvalue weighted by atomic mass is 19.3. The Bertz CT molecular complexity index is 114. The van der Waals surface area contributed by atoms with Gasteiger partial charge in [-0.2, -0.15) is 0 Å². The Morgan fingerprint density at radius 3 is 2.54 bits per heavy atom. The molecule has 0 amide bonds. The van der Waals surface area contributed by atoms with E-state index in [0.717, 1.165) is 0 Å². The second-order valence-electron chi connectivity index (χ2n) is 2.57. The predicted octanol–water partition coefficient (Wildman–Crippen LogP) is 1.02. The largest absolute Gasteiger partial charge is 0.377 e. The quantitative estimate of drug-likeness (QED) is 0.591. The Hall–Kier alpha value is -0.260. The van der Waals surface area contributed by atoms with E-state index in [1.807, 2.05) is 6.92 Å². The van der Waals surface area contributed by atoms with Crippen LogP contribution in [0.5, 0.6) is 0 Å². The smallest absolute Gasteiger partial charge is 0.261 e. The Morgan fingerprint density at radius 1 is 1.38 bits per heavy atom. The van der Waals surface area contributed by atoms with E-state index >= 15 is 0 Å². The molecule has 0 aliphatic carbocycles. The van der Waals surface area contributed by atoms with E-state index in [0.29, 0.717) is 19.6 Å². The molecule has 0 fully saturated rings. The Labute approximate surface area is 77.2 Å². The van der Waals surface area contributed by atoms with Crippen molar-refractivity contribution in [1.29, 1.82) is 0 Å². The van der Waals surface area contributed by atoms with Crippen molar-refractivity contribution in [3.8, 4) is 0 Å². The molecule has 0 saturated carbocycles. The summed E-state index contributed by atoms with van der Waals surface area (Å²) in [5.41, 5.74) is 5.37. The first-order valence-electron chi connectivity index (χ1n) is 4.38. The molecule has 0 saturated heterocycles. The van der Waals surface area contributed by atoms with Gasteiger partial charge < -0.3 is 15.2 Å².